The van der Waals surface area contributed by atoms with Gasteiger partial charge in [0.2, 0.25) is 0 Å². The molecule has 1 nitrogen and oxygen atoms in total. The molecule has 0 amide bonds. The van der Waals surface area contributed by atoms with Crippen LogP contribution >= 0.6 is 0 Å². The highest BCUT2D eigenvalue weighted by molar-refractivity contribution is 5.08. The van der Waals surface area contributed by atoms with Gasteiger partial charge in [-0.2, -0.15) is 0 Å². The number of hydrogen-bond donors (Lipinski definition) is 1. The number of hydrogen-bond acceptors (Lipinski definition) is 1. The van der Waals surface area contributed by atoms with Crippen molar-refractivity contribution in [2.75, 3.05) is 13.1 Å². The molecule has 0 radical (unpaired) electrons. The molecule has 0 saturated heterocycles. The molecule has 0 spiro atoms. The van der Waals surface area contributed by atoms with E-state index in [-0.39, 0.29) is 0 Å². The third-order valence-electron chi connectivity index (χ3n) is 1.13. The second-order valence-corrected chi connectivity index (χ2v) is 2.11. The maximum atomic E-state index is 5.01. The van der Waals surface area contributed by atoms with Gasteiger partial charge >= 0.3 is 0 Å². The zero-order valence-corrected chi connectivity index (χ0v) is 6.56. The summed E-state index contributed by atoms with van der Waals surface area (Å²) in [7, 11) is 0. The first-order chi connectivity index (χ1) is 4.91. The zero-order chi connectivity index (χ0) is 7.66. The number of terminal acetylenes is 1. The molecule has 0 aliphatic rings. The molecule has 0 aromatic rings. The average molecular weight is 137 g/mol. The lowest BCUT2D eigenvalue weighted by atomic mass is 10.3. The summed E-state index contributed by atoms with van der Waals surface area (Å²) >= 11 is 0. The van der Waals surface area contributed by atoms with E-state index >= 15 is 0 Å². The van der Waals surface area contributed by atoms with Crippen molar-refractivity contribution in [3.05, 3.63) is 12.2 Å². The van der Waals surface area contributed by atoms with Crippen LogP contribution in [0.1, 0.15) is 19.8 Å². The SMILES string of the molecule is C#CC=CCCNCCC. The molecule has 56 valence electrons. The summed E-state index contributed by atoms with van der Waals surface area (Å²) in [6.07, 6.45) is 11.0. The highest BCUT2D eigenvalue weighted by atomic mass is 14.8. The summed E-state index contributed by atoms with van der Waals surface area (Å²) in [4.78, 5) is 0. The minimum atomic E-state index is 1.03. The number of allylic oxidation sites excluding steroid dienone is 1. The maximum absolute atomic E-state index is 5.01. The predicted octanol–water partition coefficient (Wildman–Crippen LogP) is 1.57. The molecule has 0 unspecified atom stereocenters. The van der Waals surface area contributed by atoms with Crippen LogP contribution in [0.4, 0.5) is 0 Å². The van der Waals surface area contributed by atoms with Crippen LogP contribution in [0, 0.1) is 12.3 Å². The summed E-state index contributed by atoms with van der Waals surface area (Å²) in [5, 5.41) is 3.27. The summed E-state index contributed by atoms with van der Waals surface area (Å²) in [5.41, 5.74) is 0. The molecular weight excluding hydrogens is 122 g/mol. The van der Waals surface area contributed by atoms with Gasteiger partial charge in [0.15, 0.2) is 0 Å². The Balaban J connectivity index is 2.92. The Hall–Kier alpha value is -0.740. The fourth-order valence-electron chi connectivity index (χ4n) is 0.639. The average Bonchev–Trinajstić information content (AvgIpc) is 1.97. The Kier molecular flexibility index (Phi) is 7.65. The van der Waals surface area contributed by atoms with Gasteiger partial charge in [-0.1, -0.05) is 18.9 Å². The minimum Gasteiger partial charge on any atom is -0.316 e. The van der Waals surface area contributed by atoms with Crippen molar-refractivity contribution in [2.24, 2.45) is 0 Å². The number of nitrogens with one attached hydrogen (secondary N) is 1. The van der Waals surface area contributed by atoms with E-state index < -0.39 is 0 Å². The van der Waals surface area contributed by atoms with Crippen LogP contribution in [-0.4, -0.2) is 13.1 Å². The smallest absolute Gasteiger partial charge is 0.00139 e. The first-order valence-electron chi connectivity index (χ1n) is 3.73. The van der Waals surface area contributed by atoms with Gasteiger partial charge in [0.1, 0.15) is 0 Å². The molecule has 0 aliphatic carbocycles. The van der Waals surface area contributed by atoms with Crippen LogP contribution in [0.25, 0.3) is 0 Å². The molecule has 1 heteroatoms. The van der Waals surface area contributed by atoms with E-state index in [0.717, 1.165) is 19.5 Å². The van der Waals surface area contributed by atoms with E-state index in [1.54, 1.807) is 6.08 Å². The van der Waals surface area contributed by atoms with Gasteiger partial charge in [-0.05, 0) is 32.0 Å². The molecule has 0 aromatic carbocycles. The summed E-state index contributed by atoms with van der Waals surface area (Å²) in [6.45, 7) is 4.29. The topological polar surface area (TPSA) is 12.0 Å². The predicted molar refractivity (Wildman–Crippen MR) is 45.8 cm³/mol. The van der Waals surface area contributed by atoms with Crippen molar-refractivity contribution in [1.29, 1.82) is 0 Å². The van der Waals surface area contributed by atoms with Crippen molar-refractivity contribution in [3.63, 3.8) is 0 Å². The standard InChI is InChI=1S/C9H15N/c1-3-5-6-7-9-10-8-4-2/h1,5-6,10H,4,7-9H2,2H3. The third kappa shape index (κ3) is 7.26. The highest BCUT2D eigenvalue weighted by Gasteiger charge is 1.79. The second-order valence-electron chi connectivity index (χ2n) is 2.11. The Bertz CT molecular complexity index is 119. The molecule has 0 atom stereocenters. The molecule has 0 heterocycles. The van der Waals surface area contributed by atoms with Crippen molar-refractivity contribution >= 4 is 0 Å². The van der Waals surface area contributed by atoms with Gasteiger partial charge in [-0.3, -0.25) is 0 Å². The lowest BCUT2D eigenvalue weighted by Crippen LogP contribution is -2.14. The van der Waals surface area contributed by atoms with Crippen LogP contribution in [0.5, 0.6) is 0 Å². The van der Waals surface area contributed by atoms with Crippen molar-refractivity contribution in [1.82, 2.24) is 5.32 Å². The Morgan fingerprint density at radius 2 is 2.30 bits per heavy atom. The van der Waals surface area contributed by atoms with E-state index in [2.05, 4.69) is 18.2 Å². The van der Waals surface area contributed by atoms with Crippen LogP contribution in [0.15, 0.2) is 12.2 Å². The summed E-state index contributed by atoms with van der Waals surface area (Å²) in [6, 6.07) is 0. The van der Waals surface area contributed by atoms with Gasteiger partial charge in [-0.15, -0.1) is 6.42 Å². The largest absolute Gasteiger partial charge is 0.316 e. The maximum Gasteiger partial charge on any atom is -0.00139 e. The number of rotatable bonds is 5. The van der Waals surface area contributed by atoms with Crippen LogP contribution in [-0.2, 0) is 0 Å². The molecule has 0 fully saturated rings. The monoisotopic (exact) mass is 137 g/mol. The molecule has 0 bridgehead atoms. The van der Waals surface area contributed by atoms with Crippen LogP contribution < -0.4 is 5.32 Å². The van der Waals surface area contributed by atoms with Gasteiger partial charge in [-0.25, -0.2) is 0 Å². The lowest BCUT2D eigenvalue weighted by molar-refractivity contribution is 0.678. The van der Waals surface area contributed by atoms with Gasteiger partial charge in [0.05, 0.1) is 0 Å². The third-order valence-corrected chi connectivity index (χ3v) is 1.13. The summed E-state index contributed by atoms with van der Waals surface area (Å²) < 4.78 is 0. The minimum absolute atomic E-state index is 1.03. The van der Waals surface area contributed by atoms with Crippen molar-refractivity contribution in [3.8, 4) is 12.3 Å². The second kappa shape index (κ2) is 8.26. The molecule has 0 rings (SSSR count). The normalized spacial score (nSPS) is 10.0. The van der Waals surface area contributed by atoms with Gasteiger partial charge in [0.25, 0.3) is 0 Å². The molecule has 0 aliphatic heterocycles. The Morgan fingerprint density at radius 3 is 2.90 bits per heavy atom. The van der Waals surface area contributed by atoms with E-state index in [1.165, 1.54) is 6.42 Å². The quantitative estimate of drug-likeness (QED) is 0.448. The fraction of sp³-hybridized carbons (Fsp3) is 0.556. The Labute approximate surface area is 63.5 Å². The fourth-order valence-corrected chi connectivity index (χ4v) is 0.639. The molecule has 1 N–H and O–H groups in total. The van der Waals surface area contributed by atoms with Crippen molar-refractivity contribution < 1.29 is 0 Å². The van der Waals surface area contributed by atoms with E-state index in [1.807, 2.05) is 6.08 Å². The highest BCUT2D eigenvalue weighted by Crippen LogP contribution is 1.79. The van der Waals surface area contributed by atoms with Crippen molar-refractivity contribution in [2.45, 2.75) is 19.8 Å². The van der Waals surface area contributed by atoms with E-state index in [0.29, 0.717) is 0 Å². The van der Waals surface area contributed by atoms with Crippen LogP contribution in [0.3, 0.4) is 0 Å². The molecule has 0 aromatic heterocycles. The summed E-state index contributed by atoms with van der Waals surface area (Å²) in [5.74, 6) is 2.45. The molecule has 10 heavy (non-hydrogen) atoms. The zero-order valence-electron chi connectivity index (χ0n) is 6.56. The van der Waals surface area contributed by atoms with Gasteiger partial charge in [0, 0.05) is 0 Å². The van der Waals surface area contributed by atoms with Gasteiger partial charge < -0.3 is 5.32 Å². The van der Waals surface area contributed by atoms with E-state index in [4.69, 9.17) is 6.42 Å². The molecular formula is C9H15N. The van der Waals surface area contributed by atoms with Crippen LogP contribution in [0.2, 0.25) is 0 Å². The first kappa shape index (κ1) is 9.26. The Morgan fingerprint density at radius 1 is 1.50 bits per heavy atom. The molecule has 0 saturated carbocycles. The van der Waals surface area contributed by atoms with E-state index in [9.17, 15) is 0 Å². The first-order valence-corrected chi connectivity index (χ1v) is 3.73. The lowest BCUT2D eigenvalue weighted by Gasteiger charge is -1.96.